The minimum atomic E-state index is -2.45. The molecule has 3 atom stereocenters. The molecule has 3 aliphatic carbocycles. The number of fused-ring (bicyclic) bond motifs is 3. The number of carbonyl (C=O) groups excluding carboxylic acids is 3. The van der Waals surface area contributed by atoms with Crippen molar-refractivity contribution >= 4 is 17.3 Å². The first kappa shape index (κ1) is 21.3. The second-order valence-corrected chi connectivity index (χ2v) is 8.73. The quantitative estimate of drug-likeness (QED) is 0.546. The highest BCUT2D eigenvalue weighted by atomic mass is 16.3. The molecule has 0 heterocycles. The molecule has 0 amide bonds. The number of Topliss-reactive ketones (excluding diaryl/α,β-unsaturated/α-hetero) is 3. The van der Waals surface area contributed by atoms with Gasteiger partial charge in [0.05, 0.1) is 5.56 Å². The molecule has 7 heteroatoms. The van der Waals surface area contributed by atoms with E-state index >= 15 is 0 Å². The number of ketones is 3. The number of hydrogen-bond acceptors (Lipinski definition) is 7. The molecule has 3 aliphatic rings. The third-order valence-electron chi connectivity index (χ3n) is 7.08. The van der Waals surface area contributed by atoms with Crippen LogP contribution in [0.25, 0.3) is 0 Å². The van der Waals surface area contributed by atoms with Crippen molar-refractivity contribution in [3.05, 3.63) is 51.0 Å². The van der Waals surface area contributed by atoms with Crippen LogP contribution in [0.3, 0.4) is 0 Å². The molecular weight excluding hydrogens is 400 g/mol. The Morgan fingerprint density at radius 1 is 1.16 bits per heavy atom. The average Bonchev–Trinajstić information content (AvgIpc) is 2.72. The molecule has 0 aromatic heterocycles. The molecule has 0 spiro atoms. The highest BCUT2D eigenvalue weighted by molar-refractivity contribution is 6.25. The number of benzene rings is 1. The molecule has 4 rings (SSSR count). The van der Waals surface area contributed by atoms with E-state index in [4.69, 9.17) is 0 Å². The van der Waals surface area contributed by atoms with Gasteiger partial charge >= 0.3 is 0 Å². The fraction of sp³-hybridized carbons (Fsp3) is 0.458. The predicted molar refractivity (Wildman–Crippen MR) is 111 cm³/mol. The third kappa shape index (κ3) is 2.72. The lowest BCUT2D eigenvalue weighted by Crippen LogP contribution is -2.56. The Morgan fingerprint density at radius 3 is 2.45 bits per heavy atom. The van der Waals surface area contributed by atoms with Gasteiger partial charge in [-0.3, -0.25) is 14.4 Å². The van der Waals surface area contributed by atoms with Crippen molar-refractivity contribution in [2.24, 2.45) is 11.8 Å². The van der Waals surface area contributed by atoms with Gasteiger partial charge in [0.1, 0.15) is 22.8 Å². The number of aromatic hydroxyl groups is 1. The Kier molecular flexibility index (Phi) is 4.85. The van der Waals surface area contributed by atoms with Crippen LogP contribution >= 0.6 is 0 Å². The van der Waals surface area contributed by atoms with E-state index in [9.17, 15) is 34.8 Å². The van der Waals surface area contributed by atoms with Crippen LogP contribution in [0.2, 0.25) is 0 Å². The monoisotopic (exact) mass is 426 g/mol. The Morgan fingerprint density at radius 2 is 1.84 bits per heavy atom. The Balaban J connectivity index is 1.92. The van der Waals surface area contributed by atoms with Gasteiger partial charge in [-0.1, -0.05) is 19.9 Å². The van der Waals surface area contributed by atoms with Crippen molar-refractivity contribution in [2.75, 3.05) is 0 Å². The van der Waals surface area contributed by atoms with E-state index in [2.05, 4.69) is 0 Å². The SMILES string of the molecule is CCC(=O)C1=C(O)C[C@@H]2C[C@@H]3Cc4c(CC)cc(C)c(O)c4C(=O)C3=C(O)[C@]2(O)C1=O. The number of aryl methyl sites for hydroxylation is 2. The molecule has 0 saturated carbocycles. The highest BCUT2D eigenvalue weighted by Crippen LogP contribution is 2.52. The zero-order chi connectivity index (χ0) is 22.8. The summed E-state index contributed by atoms with van der Waals surface area (Å²) in [6, 6.07) is 1.84. The maximum Gasteiger partial charge on any atom is 0.209 e. The fourth-order valence-electron chi connectivity index (χ4n) is 5.44. The van der Waals surface area contributed by atoms with Crippen molar-refractivity contribution in [3.8, 4) is 5.75 Å². The van der Waals surface area contributed by atoms with Crippen molar-refractivity contribution < 1.29 is 34.8 Å². The van der Waals surface area contributed by atoms with Crippen LogP contribution in [0.15, 0.2) is 28.7 Å². The minimum absolute atomic E-state index is 0.0505. The Bertz CT molecular complexity index is 1110. The van der Waals surface area contributed by atoms with Crippen LogP contribution in [0, 0.1) is 18.8 Å². The molecule has 0 fully saturated rings. The molecule has 1 aromatic carbocycles. The number of allylic oxidation sites excluding steroid dienone is 2. The van der Waals surface area contributed by atoms with Gasteiger partial charge in [0.2, 0.25) is 5.78 Å². The number of hydrogen-bond donors (Lipinski definition) is 4. The van der Waals surface area contributed by atoms with Crippen molar-refractivity contribution in [1.29, 1.82) is 0 Å². The van der Waals surface area contributed by atoms with Crippen LogP contribution in [0.4, 0.5) is 0 Å². The molecule has 0 saturated heterocycles. The van der Waals surface area contributed by atoms with Gasteiger partial charge in [-0.15, -0.1) is 0 Å². The van der Waals surface area contributed by atoms with Gasteiger partial charge in [0.15, 0.2) is 17.2 Å². The Hall–Kier alpha value is -2.93. The largest absolute Gasteiger partial charge is 0.511 e. The van der Waals surface area contributed by atoms with Crippen molar-refractivity contribution in [1.82, 2.24) is 0 Å². The van der Waals surface area contributed by atoms with Gasteiger partial charge in [-0.05, 0) is 48.8 Å². The topological polar surface area (TPSA) is 132 Å². The molecule has 4 N–H and O–H groups in total. The summed E-state index contributed by atoms with van der Waals surface area (Å²) in [6.45, 7) is 5.17. The maximum atomic E-state index is 13.4. The zero-order valence-corrected chi connectivity index (χ0v) is 17.8. The van der Waals surface area contributed by atoms with Crippen LogP contribution in [0.1, 0.15) is 60.2 Å². The second kappa shape index (κ2) is 7.05. The molecule has 31 heavy (non-hydrogen) atoms. The molecule has 1 aromatic rings. The van der Waals surface area contributed by atoms with E-state index in [1.165, 1.54) is 6.92 Å². The maximum absolute atomic E-state index is 13.4. The number of phenolic OH excluding ortho intramolecular Hbond substituents is 1. The lowest BCUT2D eigenvalue weighted by molar-refractivity contribution is -0.144. The van der Waals surface area contributed by atoms with Gasteiger partial charge < -0.3 is 20.4 Å². The lowest BCUT2D eigenvalue weighted by atomic mass is 9.59. The van der Waals surface area contributed by atoms with E-state index in [1.807, 2.05) is 13.0 Å². The predicted octanol–water partition coefficient (Wildman–Crippen LogP) is 2.95. The first-order valence-corrected chi connectivity index (χ1v) is 10.6. The molecule has 0 bridgehead atoms. The Labute approximate surface area is 179 Å². The summed E-state index contributed by atoms with van der Waals surface area (Å²) in [5.74, 6) is -4.95. The fourth-order valence-corrected chi connectivity index (χ4v) is 5.44. The summed E-state index contributed by atoms with van der Waals surface area (Å²) < 4.78 is 0. The average molecular weight is 426 g/mol. The normalized spacial score (nSPS) is 27.7. The van der Waals surface area contributed by atoms with E-state index in [-0.39, 0.29) is 41.9 Å². The van der Waals surface area contributed by atoms with Gasteiger partial charge in [-0.2, -0.15) is 0 Å². The van der Waals surface area contributed by atoms with E-state index < -0.39 is 46.1 Å². The van der Waals surface area contributed by atoms with Crippen LogP contribution in [-0.2, 0) is 22.4 Å². The first-order valence-electron chi connectivity index (χ1n) is 10.6. The van der Waals surface area contributed by atoms with E-state index in [0.29, 0.717) is 24.0 Å². The summed E-state index contributed by atoms with van der Waals surface area (Å²) in [4.78, 5) is 38.8. The van der Waals surface area contributed by atoms with E-state index in [1.54, 1.807) is 6.92 Å². The molecular formula is C24H26O7. The number of carbonyl (C=O) groups is 3. The summed E-state index contributed by atoms with van der Waals surface area (Å²) >= 11 is 0. The number of aliphatic hydroxyl groups is 3. The van der Waals surface area contributed by atoms with Crippen molar-refractivity contribution in [3.63, 3.8) is 0 Å². The van der Waals surface area contributed by atoms with Crippen LogP contribution in [0.5, 0.6) is 5.75 Å². The molecule has 0 radical (unpaired) electrons. The number of aliphatic hydroxyl groups excluding tert-OH is 2. The lowest BCUT2D eigenvalue weighted by Gasteiger charge is -2.46. The number of phenols is 1. The molecule has 164 valence electrons. The summed E-state index contributed by atoms with van der Waals surface area (Å²) in [5, 5.41) is 43.3. The van der Waals surface area contributed by atoms with Gasteiger partial charge in [0, 0.05) is 24.3 Å². The smallest absolute Gasteiger partial charge is 0.209 e. The van der Waals surface area contributed by atoms with Crippen LogP contribution < -0.4 is 0 Å². The molecule has 0 unspecified atom stereocenters. The summed E-state index contributed by atoms with van der Waals surface area (Å²) in [6.07, 6.45) is 1.02. The van der Waals surface area contributed by atoms with Crippen molar-refractivity contribution in [2.45, 2.75) is 58.5 Å². The van der Waals surface area contributed by atoms with Crippen LogP contribution in [-0.4, -0.2) is 43.4 Å². The third-order valence-corrected chi connectivity index (χ3v) is 7.08. The number of rotatable bonds is 3. The summed E-state index contributed by atoms with van der Waals surface area (Å²) in [7, 11) is 0. The standard InChI is InChI=1S/C24H26O7/c1-4-11-6-10(3)20(27)18-14(11)8-12-7-13-9-16(26)19(15(25)5-2)23(30)24(13,31)22(29)17(12)21(18)28/h6,12-13,26-27,29,31H,4-5,7-9H2,1-3H3/t12-,13+,24+/m1/s1. The van der Waals surface area contributed by atoms with E-state index in [0.717, 1.165) is 5.56 Å². The second-order valence-electron chi connectivity index (χ2n) is 8.73. The summed E-state index contributed by atoms with van der Waals surface area (Å²) in [5.41, 5.74) is -0.772. The molecule has 7 nitrogen and oxygen atoms in total. The zero-order valence-electron chi connectivity index (χ0n) is 17.8. The first-order chi connectivity index (χ1) is 14.6. The highest BCUT2D eigenvalue weighted by Gasteiger charge is 2.59. The van der Waals surface area contributed by atoms with Gasteiger partial charge in [-0.25, -0.2) is 0 Å². The van der Waals surface area contributed by atoms with Gasteiger partial charge in [0.25, 0.3) is 0 Å². The molecule has 0 aliphatic heterocycles. The minimum Gasteiger partial charge on any atom is -0.511 e.